The zero-order valence-electron chi connectivity index (χ0n) is 9.35. The number of halogens is 2. The summed E-state index contributed by atoms with van der Waals surface area (Å²) in [6.45, 7) is 0.938. The Morgan fingerprint density at radius 1 is 1.53 bits per heavy atom. The van der Waals surface area contributed by atoms with Gasteiger partial charge in [0.15, 0.2) is 0 Å². The Hall–Kier alpha value is -0.360. The first kappa shape index (κ1) is 16.6. The van der Waals surface area contributed by atoms with Crippen LogP contribution in [0.3, 0.4) is 0 Å². The lowest BCUT2D eigenvalue weighted by molar-refractivity contribution is -0.121. The van der Waals surface area contributed by atoms with Gasteiger partial charge in [0.25, 0.3) is 0 Å². The lowest BCUT2D eigenvalue weighted by Gasteiger charge is -2.00. The minimum Gasteiger partial charge on any atom is -0.350 e. The molecule has 0 radical (unpaired) electrons. The van der Waals surface area contributed by atoms with Crippen molar-refractivity contribution in [3.05, 3.63) is 16.1 Å². The molecule has 3 N–H and O–H groups in total. The molecule has 2 rings (SSSR count). The highest BCUT2D eigenvalue weighted by Gasteiger charge is 2.25. The van der Waals surface area contributed by atoms with E-state index in [4.69, 9.17) is 5.73 Å². The lowest BCUT2D eigenvalue weighted by atomic mass is 10.3. The van der Waals surface area contributed by atoms with Crippen molar-refractivity contribution in [3.63, 3.8) is 0 Å². The van der Waals surface area contributed by atoms with Crippen molar-refractivity contribution >= 4 is 42.1 Å². The van der Waals surface area contributed by atoms with E-state index < -0.39 is 0 Å². The Labute approximate surface area is 117 Å². The third kappa shape index (κ3) is 5.21. The molecule has 1 aliphatic carbocycles. The molecule has 0 aliphatic heterocycles. The van der Waals surface area contributed by atoms with Crippen LogP contribution in [-0.4, -0.2) is 17.4 Å². The fourth-order valence-corrected chi connectivity index (χ4v) is 2.18. The summed E-state index contributed by atoms with van der Waals surface area (Å²) in [5, 5.41) is 5.89. The first-order chi connectivity index (χ1) is 7.29. The molecule has 1 heterocycles. The third-order valence-electron chi connectivity index (χ3n) is 2.37. The van der Waals surface area contributed by atoms with Gasteiger partial charge in [0.2, 0.25) is 5.91 Å². The van der Waals surface area contributed by atoms with Crippen molar-refractivity contribution in [2.75, 3.05) is 6.54 Å². The molecule has 7 heteroatoms. The predicted octanol–water partition coefficient (Wildman–Crippen LogP) is 1.83. The van der Waals surface area contributed by atoms with Crippen LogP contribution in [0, 0.1) is 0 Å². The zero-order valence-corrected chi connectivity index (χ0v) is 11.8. The molecular weight excluding hydrogens is 281 g/mol. The molecule has 1 aromatic rings. The van der Waals surface area contributed by atoms with Crippen molar-refractivity contribution in [1.82, 2.24) is 10.3 Å². The van der Waals surface area contributed by atoms with E-state index in [1.807, 2.05) is 0 Å². The van der Waals surface area contributed by atoms with Gasteiger partial charge < -0.3 is 11.1 Å². The number of rotatable bonds is 5. The molecule has 0 spiro atoms. The molecule has 0 unspecified atom stereocenters. The standard InChI is InChI=1S/C10H15N3OS.2ClH/c11-4-3-9(14)12-5-10-13-8(6-15-10)7-1-2-7;;/h6-7H,1-5,11H2,(H,12,14);2*1H. The van der Waals surface area contributed by atoms with E-state index in [-0.39, 0.29) is 30.7 Å². The van der Waals surface area contributed by atoms with Crippen LogP contribution >= 0.6 is 36.2 Å². The molecule has 1 aliphatic rings. The van der Waals surface area contributed by atoms with Crippen LogP contribution < -0.4 is 11.1 Å². The molecule has 0 aromatic carbocycles. The van der Waals surface area contributed by atoms with E-state index in [0.717, 1.165) is 5.01 Å². The Bertz CT molecular complexity index is 355. The molecule has 0 saturated heterocycles. The van der Waals surface area contributed by atoms with Crippen molar-refractivity contribution in [1.29, 1.82) is 0 Å². The maximum absolute atomic E-state index is 11.2. The smallest absolute Gasteiger partial charge is 0.221 e. The largest absolute Gasteiger partial charge is 0.350 e. The molecule has 1 saturated carbocycles. The van der Waals surface area contributed by atoms with Gasteiger partial charge in [-0.25, -0.2) is 4.98 Å². The first-order valence-electron chi connectivity index (χ1n) is 5.20. The lowest BCUT2D eigenvalue weighted by Crippen LogP contribution is -2.24. The second kappa shape index (κ2) is 7.87. The van der Waals surface area contributed by atoms with Gasteiger partial charge in [-0.15, -0.1) is 36.2 Å². The van der Waals surface area contributed by atoms with E-state index in [9.17, 15) is 4.79 Å². The molecule has 4 nitrogen and oxygen atoms in total. The molecule has 1 aromatic heterocycles. The fraction of sp³-hybridized carbons (Fsp3) is 0.600. The van der Waals surface area contributed by atoms with E-state index in [0.29, 0.717) is 25.4 Å². The van der Waals surface area contributed by atoms with Crippen LogP contribution in [0.25, 0.3) is 0 Å². The number of nitrogens with zero attached hydrogens (tertiary/aromatic N) is 1. The SMILES string of the molecule is Cl.Cl.NCCC(=O)NCc1nc(C2CC2)cs1. The van der Waals surface area contributed by atoms with Gasteiger partial charge in [0.05, 0.1) is 12.2 Å². The van der Waals surface area contributed by atoms with Gasteiger partial charge in [0, 0.05) is 24.3 Å². The summed E-state index contributed by atoms with van der Waals surface area (Å²) in [4.78, 5) is 15.6. The highest BCUT2D eigenvalue weighted by Crippen LogP contribution is 2.40. The fourth-order valence-electron chi connectivity index (χ4n) is 1.37. The summed E-state index contributed by atoms with van der Waals surface area (Å²) in [6.07, 6.45) is 2.92. The van der Waals surface area contributed by atoms with Gasteiger partial charge in [-0.2, -0.15) is 0 Å². The molecular formula is C10H17Cl2N3OS. The molecule has 1 fully saturated rings. The monoisotopic (exact) mass is 297 g/mol. The van der Waals surface area contributed by atoms with Crippen molar-refractivity contribution in [3.8, 4) is 0 Å². The number of aromatic nitrogens is 1. The second-order valence-electron chi connectivity index (χ2n) is 3.76. The van der Waals surface area contributed by atoms with Gasteiger partial charge >= 0.3 is 0 Å². The number of nitrogens with one attached hydrogen (secondary N) is 1. The first-order valence-corrected chi connectivity index (χ1v) is 6.08. The van der Waals surface area contributed by atoms with Gasteiger partial charge in [-0.1, -0.05) is 0 Å². The number of hydrogen-bond acceptors (Lipinski definition) is 4. The van der Waals surface area contributed by atoms with Gasteiger partial charge in [-0.05, 0) is 12.8 Å². The summed E-state index contributed by atoms with van der Waals surface area (Å²) >= 11 is 1.62. The highest BCUT2D eigenvalue weighted by molar-refractivity contribution is 7.09. The highest BCUT2D eigenvalue weighted by atomic mass is 35.5. The quantitative estimate of drug-likeness (QED) is 0.871. The predicted molar refractivity (Wildman–Crippen MR) is 74.1 cm³/mol. The van der Waals surface area contributed by atoms with Crippen LogP contribution in [0.1, 0.15) is 35.9 Å². The number of amides is 1. The van der Waals surface area contributed by atoms with Crippen molar-refractivity contribution in [2.45, 2.75) is 31.7 Å². The van der Waals surface area contributed by atoms with Gasteiger partial charge in [0.1, 0.15) is 5.01 Å². The third-order valence-corrected chi connectivity index (χ3v) is 3.24. The van der Waals surface area contributed by atoms with Gasteiger partial charge in [-0.3, -0.25) is 4.79 Å². The maximum atomic E-state index is 11.2. The number of carbonyl (C=O) groups is 1. The number of thiazole rings is 1. The Morgan fingerprint density at radius 3 is 2.82 bits per heavy atom. The number of nitrogens with two attached hydrogens (primary N) is 1. The van der Waals surface area contributed by atoms with Crippen LogP contribution in [0.5, 0.6) is 0 Å². The number of carbonyl (C=O) groups excluding carboxylic acids is 1. The minimum atomic E-state index is 0. The average molecular weight is 298 g/mol. The van der Waals surface area contributed by atoms with Crippen LogP contribution in [0.2, 0.25) is 0 Å². The summed E-state index contributed by atoms with van der Waals surface area (Å²) in [6, 6.07) is 0. The summed E-state index contributed by atoms with van der Waals surface area (Å²) in [7, 11) is 0. The normalized spacial score (nSPS) is 13.5. The molecule has 17 heavy (non-hydrogen) atoms. The van der Waals surface area contributed by atoms with E-state index >= 15 is 0 Å². The summed E-state index contributed by atoms with van der Waals surface area (Å²) in [5.41, 5.74) is 6.47. The number of hydrogen-bond donors (Lipinski definition) is 2. The van der Waals surface area contributed by atoms with E-state index in [1.165, 1.54) is 18.5 Å². The van der Waals surface area contributed by atoms with Crippen molar-refractivity contribution in [2.24, 2.45) is 5.73 Å². The van der Waals surface area contributed by atoms with Crippen molar-refractivity contribution < 1.29 is 4.79 Å². The van der Waals surface area contributed by atoms with Crippen LogP contribution in [-0.2, 0) is 11.3 Å². The summed E-state index contributed by atoms with van der Waals surface area (Å²) < 4.78 is 0. The molecule has 0 bridgehead atoms. The second-order valence-corrected chi connectivity index (χ2v) is 4.70. The molecule has 98 valence electrons. The Morgan fingerprint density at radius 2 is 2.24 bits per heavy atom. The van der Waals surface area contributed by atoms with E-state index in [1.54, 1.807) is 11.3 Å². The Kier molecular flexibility index (Phi) is 7.70. The minimum absolute atomic E-state index is 0. The molecule has 1 amide bonds. The topological polar surface area (TPSA) is 68.0 Å². The van der Waals surface area contributed by atoms with E-state index in [2.05, 4.69) is 15.7 Å². The van der Waals surface area contributed by atoms with Crippen LogP contribution in [0.15, 0.2) is 5.38 Å². The Balaban J connectivity index is 0.00000128. The zero-order chi connectivity index (χ0) is 10.7. The average Bonchev–Trinajstić information content (AvgIpc) is 2.96. The molecule has 0 atom stereocenters. The maximum Gasteiger partial charge on any atom is 0.221 e. The van der Waals surface area contributed by atoms with Crippen LogP contribution in [0.4, 0.5) is 0 Å². The summed E-state index contributed by atoms with van der Waals surface area (Å²) in [5.74, 6) is 0.690.